The molecule has 16 heavy (non-hydrogen) atoms. The summed E-state index contributed by atoms with van der Waals surface area (Å²) in [5.74, 6) is -0.428. The van der Waals surface area contributed by atoms with E-state index < -0.39 is 17.6 Å². The zero-order valence-electron chi connectivity index (χ0n) is 10.2. The predicted molar refractivity (Wildman–Crippen MR) is 60.7 cm³/mol. The summed E-state index contributed by atoms with van der Waals surface area (Å²) in [6, 6.07) is 0.958. The summed E-state index contributed by atoms with van der Waals surface area (Å²) < 4.78 is 6.91. The standard InChI is InChI=1S/C11H19N3O2/c1-5-14-8(6-7-13-14)9(12)10(15)16-11(2,3)4/h6-7,9H,5,12H2,1-4H3. The second kappa shape index (κ2) is 4.65. The molecule has 5 nitrogen and oxygen atoms in total. The van der Waals surface area contributed by atoms with Crippen LogP contribution in [0.1, 0.15) is 39.4 Å². The number of carbonyl (C=O) groups excluding carboxylic acids is 1. The van der Waals surface area contributed by atoms with Crippen LogP contribution in [0.4, 0.5) is 0 Å². The van der Waals surface area contributed by atoms with Gasteiger partial charge in [0.05, 0.1) is 5.69 Å². The first-order valence-electron chi connectivity index (χ1n) is 5.35. The minimum absolute atomic E-state index is 0.428. The van der Waals surface area contributed by atoms with Gasteiger partial charge in [0.2, 0.25) is 0 Å². The van der Waals surface area contributed by atoms with E-state index in [0.717, 1.165) is 0 Å². The van der Waals surface area contributed by atoms with E-state index in [9.17, 15) is 4.79 Å². The first-order chi connectivity index (χ1) is 7.35. The first-order valence-corrected chi connectivity index (χ1v) is 5.35. The highest BCUT2D eigenvalue weighted by atomic mass is 16.6. The average Bonchev–Trinajstić information content (AvgIpc) is 2.61. The van der Waals surface area contributed by atoms with Crippen LogP contribution >= 0.6 is 0 Å². The van der Waals surface area contributed by atoms with E-state index in [1.165, 1.54) is 0 Å². The molecule has 1 rings (SSSR count). The van der Waals surface area contributed by atoms with Crippen LogP contribution in [0.5, 0.6) is 0 Å². The molecule has 0 fully saturated rings. The van der Waals surface area contributed by atoms with Gasteiger partial charge in [-0.05, 0) is 33.8 Å². The summed E-state index contributed by atoms with van der Waals surface area (Å²) in [7, 11) is 0. The van der Waals surface area contributed by atoms with Crippen LogP contribution in [0, 0.1) is 0 Å². The molecule has 1 atom stereocenters. The summed E-state index contributed by atoms with van der Waals surface area (Å²) in [5.41, 5.74) is 5.99. The van der Waals surface area contributed by atoms with E-state index in [2.05, 4.69) is 5.10 Å². The fourth-order valence-corrected chi connectivity index (χ4v) is 1.36. The van der Waals surface area contributed by atoms with Gasteiger partial charge >= 0.3 is 5.97 Å². The number of nitrogens with zero attached hydrogens (tertiary/aromatic N) is 2. The Morgan fingerprint density at radius 1 is 1.62 bits per heavy atom. The average molecular weight is 225 g/mol. The SMILES string of the molecule is CCn1nccc1C(N)C(=O)OC(C)(C)C. The molecule has 5 heteroatoms. The van der Waals surface area contributed by atoms with E-state index in [1.54, 1.807) is 16.9 Å². The highest BCUT2D eigenvalue weighted by Gasteiger charge is 2.25. The molecule has 0 aromatic carbocycles. The maximum atomic E-state index is 11.7. The molecule has 0 bridgehead atoms. The maximum absolute atomic E-state index is 11.7. The van der Waals surface area contributed by atoms with Crippen molar-refractivity contribution in [3.63, 3.8) is 0 Å². The van der Waals surface area contributed by atoms with Gasteiger partial charge in [0, 0.05) is 12.7 Å². The number of rotatable bonds is 3. The molecule has 90 valence electrons. The molecular formula is C11H19N3O2. The minimum Gasteiger partial charge on any atom is -0.459 e. The molecule has 0 saturated carbocycles. The Kier molecular flexibility index (Phi) is 3.70. The molecule has 0 aliphatic rings. The molecule has 0 aliphatic carbocycles. The Morgan fingerprint density at radius 3 is 2.75 bits per heavy atom. The van der Waals surface area contributed by atoms with Gasteiger partial charge in [-0.2, -0.15) is 5.10 Å². The smallest absolute Gasteiger partial charge is 0.329 e. The number of nitrogens with two attached hydrogens (primary N) is 1. The molecule has 0 aliphatic heterocycles. The number of ether oxygens (including phenoxy) is 1. The Balaban J connectivity index is 2.78. The lowest BCUT2D eigenvalue weighted by Gasteiger charge is -2.22. The lowest BCUT2D eigenvalue weighted by molar-refractivity contribution is -0.156. The van der Waals surface area contributed by atoms with E-state index >= 15 is 0 Å². The van der Waals surface area contributed by atoms with Crippen molar-refractivity contribution in [1.29, 1.82) is 0 Å². The van der Waals surface area contributed by atoms with Crippen molar-refractivity contribution in [1.82, 2.24) is 9.78 Å². The van der Waals surface area contributed by atoms with Crippen molar-refractivity contribution < 1.29 is 9.53 Å². The Labute approximate surface area is 95.6 Å². The number of esters is 1. The maximum Gasteiger partial charge on any atom is 0.329 e. The van der Waals surface area contributed by atoms with Gasteiger partial charge in [0.1, 0.15) is 11.6 Å². The molecule has 0 amide bonds. The van der Waals surface area contributed by atoms with Crippen molar-refractivity contribution in [2.75, 3.05) is 0 Å². The first kappa shape index (κ1) is 12.7. The molecule has 1 aromatic heterocycles. The molecule has 0 spiro atoms. The van der Waals surface area contributed by atoms with Gasteiger partial charge in [-0.1, -0.05) is 0 Å². The van der Waals surface area contributed by atoms with E-state index in [1.807, 2.05) is 27.7 Å². The summed E-state index contributed by atoms with van der Waals surface area (Å²) in [5, 5.41) is 4.06. The molecule has 0 saturated heterocycles. The Hall–Kier alpha value is -1.36. The fraction of sp³-hybridized carbons (Fsp3) is 0.636. The molecule has 1 unspecified atom stereocenters. The van der Waals surface area contributed by atoms with Crippen molar-refractivity contribution in [2.45, 2.75) is 45.9 Å². The topological polar surface area (TPSA) is 70.1 Å². The summed E-state index contributed by atoms with van der Waals surface area (Å²) >= 11 is 0. The third-order valence-electron chi connectivity index (χ3n) is 2.03. The van der Waals surface area contributed by atoms with Crippen LogP contribution in [-0.2, 0) is 16.1 Å². The van der Waals surface area contributed by atoms with Crippen LogP contribution in [0.3, 0.4) is 0 Å². The quantitative estimate of drug-likeness (QED) is 0.786. The zero-order valence-corrected chi connectivity index (χ0v) is 10.2. The van der Waals surface area contributed by atoms with Crippen LogP contribution in [0.15, 0.2) is 12.3 Å². The highest BCUT2D eigenvalue weighted by Crippen LogP contribution is 2.16. The zero-order chi connectivity index (χ0) is 12.3. The van der Waals surface area contributed by atoms with E-state index in [0.29, 0.717) is 12.2 Å². The van der Waals surface area contributed by atoms with E-state index in [4.69, 9.17) is 10.5 Å². The molecule has 2 N–H and O–H groups in total. The van der Waals surface area contributed by atoms with Crippen LogP contribution in [0.25, 0.3) is 0 Å². The minimum atomic E-state index is -0.776. The lowest BCUT2D eigenvalue weighted by atomic mass is 10.1. The summed E-state index contributed by atoms with van der Waals surface area (Å²) in [4.78, 5) is 11.7. The van der Waals surface area contributed by atoms with Gasteiger partial charge in [-0.15, -0.1) is 0 Å². The third kappa shape index (κ3) is 3.06. The summed E-state index contributed by atoms with van der Waals surface area (Å²) in [6.07, 6.45) is 1.63. The molecule has 1 heterocycles. The highest BCUT2D eigenvalue weighted by molar-refractivity contribution is 5.77. The van der Waals surface area contributed by atoms with Crippen molar-refractivity contribution >= 4 is 5.97 Å². The van der Waals surface area contributed by atoms with Crippen LogP contribution in [-0.4, -0.2) is 21.4 Å². The van der Waals surface area contributed by atoms with Gasteiger partial charge in [0.15, 0.2) is 0 Å². The van der Waals surface area contributed by atoms with Crippen molar-refractivity contribution in [2.24, 2.45) is 5.73 Å². The van der Waals surface area contributed by atoms with Gasteiger partial charge < -0.3 is 10.5 Å². The number of aromatic nitrogens is 2. The Bertz CT molecular complexity index is 366. The molecule has 1 aromatic rings. The fourth-order valence-electron chi connectivity index (χ4n) is 1.36. The second-order valence-corrected chi connectivity index (χ2v) is 4.58. The van der Waals surface area contributed by atoms with Crippen LogP contribution in [0.2, 0.25) is 0 Å². The predicted octanol–water partition coefficient (Wildman–Crippen LogP) is 1.24. The lowest BCUT2D eigenvalue weighted by Crippen LogP contribution is -2.32. The normalized spacial score (nSPS) is 13.6. The monoisotopic (exact) mass is 225 g/mol. The largest absolute Gasteiger partial charge is 0.459 e. The Morgan fingerprint density at radius 2 is 2.25 bits per heavy atom. The van der Waals surface area contributed by atoms with Gasteiger partial charge in [0.25, 0.3) is 0 Å². The van der Waals surface area contributed by atoms with Crippen molar-refractivity contribution in [3.05, 3.63) is 18.0 Å². The second-order valence-electron chi connectivity index (χ2n) is 4.58. The summed E-state index contributed by atoms with van der Waals surface area (Å²) in [6.45, 7) is 8.06. The molecular weight excluding hydrogens is 206 g/mol. The number of aryl methyl sites for hydroxylation is 1. The number of hydrogen-bond donors (Lipinski definition) is 1. The molecule has 0 radical (unpaired) electrons. The third-order valence-corrected chi connectivity index (χ3v) is 2.03. The number of hydrogen-bond acceptors (Lipinski definition) is 4. The number of carbonyl (C=O) groups is 1. The van der Waals surface area contributed by atoms with E-state index in [-0.39, 0.29) is 0 Å². The van der Waals surface area contributed by atoms with Gasteiger partial charge in [-0.25, -0.2) is 4.79 Å². The van der Waals surface area contributed by atoms with Gasteiger partial charge in [-0.3, -0.25) is 4.68 Å². The van der Waals surface area contributed by atoms with Crippen molar-refractivity contribution in [3.8, 4) is 0 Å². The van der Waals surface area contributed by atoms with Crippen LogP contribution < -0.4 is 5.73 Å².